The maximum atomic E-state index is 15.0. The summed E-state index contributed by atoms with van der Waals surface area (Å²) in [5.41, 5.74) is 2.96. The lowest BCUT2D eigenvalue weighted by atomic mass is 9.78. The number of halogens is 2. The number of hydrogen-bond donors (Lipinski definition) is 0. The summed E-state index contributed by atoms with van der Waals surface area (Å²) in [7, 11) is 0. The second-order valence-electron chi connectivity index (χ2n) is 7.58. The molecule has 0 saturated heterocycles. The molecule has 2 aliphatic rings. The normalized spacial score (nSPS) is 28.2. The van der Waals surface area contributed by atoms with E-state index in [0.717, 1.165) is 55.6 Å². The Morgan fingerprint density at radius 2 is 1.88 bits per heavy atom. The monoisotopic (exact) mass is 346 g/mol. The van der Waals surface area contributed by atoms with Gasteiger partial charge in [0, 0.05) is 0 Å². The van der Waals surface area contributed by atoms with E-state index in [1.54, 1.807) is 0 Å². The van der Waals surface area contributed by atoms with E-state index in [1.807, 2.05) is 6.07 Å². The van der Waals surface area contributed by atoms with Crippen molar-refractivity contribution in [3.05, 3.63) is 52.3 Å². The molecular formula is C22H28ClF. The molecule has 0 aromatic heterocycles. The molecule has 2 heteroatoms. The van der Waals surface area contributed by atoms with Crippen LogP contribution in [0, 0.1) is 17.7 Å². The molecule has 0 spiro atoms. The summed E-state index contributed by atoms with van der Waals surface area (Å²) >= 11 is 6.44. The van der Waals surface area contributed by atoms with Gasteiger partial charge >= 0.3 is 0 Å². The first-order chi connectivity index (χ1) is 11.6. The van der Waals surface area contributed by atoms with Crippen molar-refractivity contribution in [1.29, 1.82) is 0 Å². The highest BCUT2D eigenvalue weighted by Crippen LogP contribution is 2.41. The van der Waals surface area contributed by atoms with E-state index in [4.69, 9.17) is 11.6 Å². The Hall–Kier alpha value is -1.08. The first-order valence-electron chi connectivity index (χ1n) is 9.40. The molecule has 2 aliphatic carbocycles. The van der Waals surface area contributed by atoms with E-state index in [2.05, 4.69) is 38.1 Å². The fraction of sp³-hybridized carbons (Fsp3) is 0.545. The van der Waals surface area contributed by atoms with Crippen molar-refractivity contribution in [3.63, 3.8) is 0 Å². The van der Waals surface area contributed by atoms with Crippen LogP contribution in [0.3, 0.4) is 0 Å². The Bertz CT molecular complexity index is 636. The van der Waals surface area contributed by atoms with E-state index in [1.165, 1.54) is 12.0 Å². The Morgan fingerprint density at radius 3 is 2.50 bits per heavy atom. The molecule has 0 bridgehead atoms. The molecule has 0 nitrogen and oxygen atoms in total. The SMILES string of the molecule is C/C=C/C1CCC(c2ccc(C3=CCC(C)CC3)c(Cl)c2F)CC1. The third-order valence-electron chi connectivity index (χ3n) is 5.81. The van der Waals surface area contributed by atoms with Crippen molar-refractivity contribution in [3.8, 4) is 0 Å². The fourth-order valence-corrected chi connectivity index (χ4v) is 4.53. The topological polar surface area (TPSA) is 0 Å². The molecule has 24 heavy (non-hydrogen) atoms. The summed E-state index contributed by atoms with van der Waals surface area (Å²) in [6.45, 7) is 4.34. The van der Waals surface area contributed by atoms with Gasteiger partial charge in [-0.25, -0.2) is 4.39 Å². The van der Waals surface area contributed by atoms with Crippen LogP contribution in [0.5, 0.6) is 0 Å². The molecule has 1 aromatic rings. The Labute approximate surface area is 150 Å². The van der Waals surface area contributed by atoms with Crippen LogP contribution in [0.15, 0.2) is 30.4 Å². The predicted molar refractivity (Wildman–Crippen MR) is 102 cm³/mol. The minimum Gasteiger partial charge on any atom is -0.205 e. The van der Waals surface area contributed by atoms with E-state index in [0.29, 0.717) is 16.9 Å². The summed E-state index contributed by atoms with van der Waals surface area (Å²) in [6, 6.07) is 4.05. The number of allylic oxidation sites excluding steroid dienone is 4. The molecule has 0 N–H and O–H groups in total. The summed E-state index contributed by atoms with van der Waals surface area (Å²) in [6.07, 6.45) is 14.3. The first kappa shape index (κ1) is 17.7. The van der Waals surface area contributed by atoms with Gasteiger partial charge in [0.15, 0.2) is 0 Å². The summed E-state index contributed by atoms with van der Waals surface area (Å²) < 4.78 is 15.0. The number of hydrogen-bond acceptors (Lipinski definition) is 0. The molecule has 1 unspecified atom stereocenters. The summed E-state index contributed by atoms with van der Waals surface area (Å²) in [5.74, 6) is 1.53. The van der Waals surface area contributed by atoms with E-state index in [9.17, 15) is 4.39 Å². The molecule has 0 radical (unpaired) electrons. The third kappa shape index (κ3) is 3.77. The largest absolute Gasteiger partial charge is 0.205 e. The van der Waals surface area contributed by atoms with Gasteiger partial charge in [-0.05, 0) is 86.3 Å². The van der Waals surface area contributed by atoms with Gasteiger partial charge < -0.3 is 0 Å². The van der Waals surface area contributed by atoms with Crippen molar-refractivity contribution in [2.24, 2.45) is 11.8 Å². The maximum absolute atomic E-state index is 15.0. The van der Waals surface area contributed by atoms with Crippen LogP contribution in [0.2, 0.25) is 5.02 Å². The van der Waals surface area contributed by atoms with Gasteiger partial charge in [0.25, 0.3) is 0 Å². The van der Waals surface area contributed by atoms with Crippen LogP contribution in [0.25, 0.3) is 5.57 Å². The second-order valence-corrected chi connectivity index (χ2v) is 7.95. The zero-order chi connectivity index (χ0) is 17.1. The average Bonchev–Trinajstić information content (AvgIpc) is 2.59. The van der Waals surface area contributed by atoms with Crippen LogP contribution in [-0.4, -0.2) is 0 Å². The van der Waals surface area contributed by atoms with E-state index < -0.39 is 0 Å². The third-order valence-corrected chi connectivity index (χ3v) is 6.18. The molecule has 0 aliphatic heterocycles. The maximum Gasteiger partial charge on any atom is 0.145 e. The Kier molecular flexibility index (Phi) is 5.81. The van der Waals surface area contributed by atoms with E-state index >= 15 is 0 Å². The second kappa shape index (κ2) is 7.87. The van der Waals surface area contributed by atoms with Crippen LogP contribution in [-0.2, 0) is 0 Å². The minimum absolute atomic E-state index is 0.178. The first-order valence-corrected chi connectivity index (χ1v) is 9.78. The van der Waals surface area contributed by atoms with E-state index in [-0.39, 0.29) is 5.82 Å². The quantitative estimate of drug-likeness (QED) is 0.496. The molecule has 1 aromatic carbocycles. The zero-order valence-electron chi connectivity index (χ0n) is 14.8. The van der Waals surface area contributed by atoms with Crippen molar-refractivity contribution in [2.75, 3.05) is 0 Å². The average molecular weight is 347 g/mol. The highest BCUT2D eigenvalue weighted by atomic mass is 35.5. The van der Waals surface area contributed by atoms with Gasteiger partial charge in [0.1, 0.15) is 5.82 Å². The molecule has 1 saturated carbocycles. The molecule has 130 valence electrons. The number of benzene rings is 1. The molecule has 1 fully saturated rings. The van der Waals surface area contributed by atoms with Gasteiger partial charge in [-0.1, -0.05) is 48.9 Å². The smallest absolute Gasteiger partial charge is 0.145 e. The fourth-order valence-electron chi connectivity index (χ4n) is 4.23. The molecular weight excluding hydrogens is 319 g/mol. The molecule has 0 amide bonds. The van der Waals surface area contributed by atoms with Crippen molar-refractivity contribution in [2.45, 2.75) is 64.7 Å². The summed E-state index contributed by atoms with van der Waals surface area (Å²) in [5, 5.41) is 0.337. The van der Waals surface area contributed by atoms with Crippen LogP contribution in [0.1, 0.15) is 75.8 Å². The lowest BCUT2D eigenvalue weighted by Gasteiger charge is -2.28. The lowest BCUT2D eigenvalue weighted by molar-refractivity contribution is 0.368. The Balaban J connectivity index is 1.78. The van der Waals surface area contributed by atoms with Gasteiger partial charge in [-0.15, -0.1) is 0 Å². The molecule has 1 atom stereocenters. The van der Waals surface area contributed by atoms with Crippen molar-refractivity contribution < 1.29 is 4.39 Å². The predicted octanol–water partition coefficient (Wildman–Crippen LogP) is 7.53. The van der Waals surface area contributed by atoms with Crippen LogP contribution >= 0.6 is 11.6 Å². The van der Waals surface area contributed by atoms with Crippen molar-refractivity contribution >= 4 is 17.2 Å². The van der Waals surface area contributed by atoms with Crippen LogP contribution < -0.4 is 0 Å². The zero-order valence-corrected chi connectivity index (χ0v) is 15.6. The van der Waals surface area contributed by atoms with Gasteiger partial charge in [0.2, 0.25) is 0 Å². The molecule has 3 rings (SSSR count). The Morgan fingerprint density at radius 1 is 1.12 bits per heavy atom. The highest BCUT2D eigenvalue weighted by Gasteiger charge is 2.25. The summed E-state index contributed by atoms with van der Waals surface area (Å²) in [4.78, 5) is 0. The lowest BCUT2D eigenvalue weighted by Crippen LogP contribution is -2.13. The standard InChI is InChI=1S/C22H28ClF/c1-3-4-16-7-11-18(12-8-16)20-14-13-19(21(23)22(20)24)17-9-5-15(2)6-10-17/h3-4,9,13-16,18H,5-8,10-12H2,1-2H3/b4-3+. The molecule has 0 heterocycles. The van der Waals surface area contributed by atoms with Gasteiger partial charge in [-0.3, -0.25) is 0 Å². The van der Waals surface area contributed by atoms with Gasteiger partial charge in [0.05, 0.1) is 5.02 Å². The van der Waals surface area contributed by atoms with Gasteiger partial charge in [-0.2, -0.15) is 0 Å². The number of rotatable bonds is 3. The van der Waals surface area contributed by atoms with Crippen LogP contribution in [0.4, 0.5) is 4.39 Å². The highest BCUT2D eigenvalue weighted by molar-refractivity contribution is 6.32. The van der Waals surface area contributed by atoms with Crippen molar-refractivity contribution in [1.82, 2.24) is 0 Å². The minimum atomic E-state index is -0.178.